The summed E-state index contributed by atoms with van der Waals surface area (Å²) in [5.74, 6) is 0.831. The highest BCUT2D eigenvalue weighted by Crippen LogP contribution is 2.40. The summed E-state index contributed by atoms with van der Waals surface area (Å²) in [4.78, 5) is 0. The van der Waals surface area contributed by atoms with Crippen molar-refractivity contribution in [1.82, 2.24) is 0 Å². The van der Waals surface area contributed by atoms with E-state index < -0.39 is 6.10 Å². The van der Waals surface area contributed by atoms with Gasteiger partial charge in [-0.2, -0.15) is 5.26 Å². The number of benzene rings is 1. The Morgan fingerprint density at radius 3 is 3.00 bits per heavy atom. The summed E-state index contributed by atoms with van der Waals surface area (Å²) in [6.45, 7) is 0. The highest BCUT2D eigenvalue weighted by atomic mass is 16.5. The second-order valence-electron chi connectivity index (χ2n) is 3.34. The molecule has 1 aliphatic heterocycles. The number of ether oxygens (including phenoxy) is 1. The van der Waals surface area contributed by atoms with Gasteiger partial charge in [0.25, 0.3) is 0 Å². The molecule has 2 heteroatoms. The van der Waals surface area contributed by atoms with E-state index in [2.05, 4.69) is 6.07 Å². The molecule has 0 bridgehead atoms. The quantitative estimate of drug-likeness (QED) is 0.615. The molecule has 66 valence electrons. The lowest BCUT2D eigenvalue weighted by atomic mass is 10.1. The zero-order chi connectivity index (χ0) is 9.54. The average Bonchev–Trinajstić information content (AvgIpc) is 2.73. The van der Waals surface area contributed by atoms with E-state index in [0.29, 0.717) is 0 Å². The summed E-state index contributed by atoms with van der Waals surface area (Å²) in [6, 6.07) is 10.2. The second kappa shape index (κ2) is 2.49. The predicted octanol–water partition coefficient (Wildman–Crippen LogP) is 2.35. The fourth-order valence-corrected chi connectivity index (χ4v) is 1.88. The van der Waals surface area contributed by atoms with Crippen molar-refractivity contribution in [3.8, 4) is 6.07 Å². The molecule has 3 rings (SSSR count). The van der Waals surface area contributed by atoms with Crippen molar-refractivity contribution in [3.05, 3.63) is 47.2 Å². The van der Waals surface area contributed by atoms with E-state index >= 15 is 0 Å². The summed E-state index contributed by atoms with van der Waals surface area (Å²) in [6.07, 6.45) is 3.44. The molecule has 2 aliphatic rings. The maximum absolute atomic E-state index is 8.72. The Bertz CT molecular complexity index is 505. The Kier molecular flexibility index (Phi) is 1.32. The molecule has 0 amide bonds. The second-order valence-corrected chi connectivity index (χ2v) is 3.34. The first-order chi connectivity index (χ1) is 6.88. The number of hydrogen-bond acceptors (Lipinski definition) is 2. The molecular weight excluding hydrogens is 174 g/mol. The van der Waals surface area contributed by atoms with Crippen LogP contribution in [0.4, 0.5) is 0 Å². The normalized spacial score (nSPS) is 21.5. The molecule has 0 saturated heterocycles. The SMILES string of the molecule is N#CC1C=C2C(=Cc3ccccc32)O1. The first-order valence-corrected chi connectivity index (χ1v) is 4.48. The predicted molar refractivity (Wildman–Crippen MR) is 52.9 cm³/mol. The van der Waals surface area contributed by atoms with Crippen molar-refractivity contribution in [3.63, 3.8) is 0 Å². The summed E-state index contributed by atoms with van der Waals surface area (Å²) >= 11 is 0. The van der Waals surface area contributed by atoms with Gasteiger partial charge in [-0.05, 0) is 23.3 Å². The van der Waals surface area contributed by atoms with E-state index in [0.717, 1.165) is 11.3 Å². The van der Waals surface area contributed by atoms with Gasteiger partial charge in [-0.15, -0.1) is 0 Å². The number of rotatable bonds is 0. The van der Waals surface area contributed by atoms with Gasteiger partial charge in [0.2, 0.25) is 6.10 Å². The summed E-state index contributed by atoms with van der Waals surface area (Å²) < 4.78 is 5.42. The van der Waals surface area contributed by atoms with Crippen LogP contribution in [0.1, 0.15) is 11.1 Å². The third kappa shape index (κ3) is 0.841. The van der Waals surface area contributed by atoms with Crippen LogP contribution in [0.15, 0.2) is 36.1 Å². The molecule has 1 heterocycles. The first kappa shape index (κ1) is 7.40. The molecule has 1 aromatic carbocycles. The maximum Gasteiger partial charge on any atom is 0.203 e. The van der Waals surface area contributed by atoms with E-state index in [1.807, 2.05) is 36.4 Å². The van der Waals surface area contributed by atoms with E-state index in [4.69, 9.17) is 10.00 Å². The van der Waals surface area contributed by atoms with Crippen LogP contribution in [0.2, 0.25) is 0 Å². The monoisotopic (exact) mass is 181 g/mol. The minimum atomic E-state index is -0.412. The molecule has 0 aromatic heterocycles. The van der Waals surface area contributed by atoms with E-state index in [1.54, 1.807) is 0 Å². The maximum atomic E-state index is 8.72. The van der Waals surface area contributed by atoms with Crippen molar-refractivity contribution >= 4 is 11.6 Å². The zero-order valence-electron chi connectivity index (χ0n) is 7.40. The lowest BCUT2D eigenvalue weighted by molar-refractivity contribution is 0.231. The van der Waals surface area contributed by atoms with E-state index in [1.165, 1.54) is 11.1 Å². The number of nitrogens with zero attached hydrogens (tertiary/aromatic N) is 1. The molecule has 1 aromatic rings. The Balaban J connectivity index is 2.17. The van der Waals surface area contributed by atoms with Crippen LogP contribution < -0.4 is 0 Å². The molecule has 0 spiro atoms. The smallest absolute Gasteiger partial charge is 0.203 e. The third-order valence-electron chi connectivity index (χ3n) is 2.50. The largest absolute Gasteiger partial charge is 0.471 e. The van der Waals surface area contributed by atoms with Crippen LogP contribution in [-0.2, 0) is 4.74 Å². The van der Waals surface area contributed by atoms with Gasteiger partial charge in [0.1, 0.15) is 11.8 Å². The van der Waals surface area contributed by atoms with Crippen molar-refractivity contribution in [2.24, 2.45) is 0 Å². The van der Waals surface area contributed by atoms with Crippen LogP contribution in [0, 0.1) is 11.3 Å². The summed E-state index contributed by atoms with van der Waals surface area (Å²) in [7, 11) is 0. The first-order valence-electron chi connectivity index (χ1n) is 4.48. The lowest BCUT2D eigenvalue weighted by Gasteiger charge is -1.98. The van der Waals surface area contributed by atoms with Gasteiger partial charge in [-0.1, -0.05) is 24.3 Å². The Hall–Kier alpha value is -2.01. The fourth-order valence-electron chi connectivity index (χ4n) is 1.88. The van der Waals surface area contributed by atoms with Crippen molar-refractivity contribution < 1.29 is 4.74 Å². The van der Waals surface area contributed by atoms with Gasteiger partial charge in [0, 0.05) is 5.57 Å². The topological polar surface area (TPSA) is 33.0 Å². The van der Waals surface area contributed by atoms with Crippen LogP contribution >= 0.6 is 0 Å². The number of hydrogen-bond donors (Lipinski definition) is 0. The number of nitriles is 1. The van der Waals surface area contributed by atoms with E-state index in [-0.39, 0.29) is 0 Å². The highest BCUT2D eigenvalue weighted by molar-refractivity contribution is 5.94. The Labute approximate surface area is 81.7 Å². The molecule has 1 aliphatic carbocycles. The molecule has 14 heavy (non-hydrogen) atoms. The minimum Gasteiger partial charge on any atom is -0.471 e. The Morgan fingerprint density at radius 1 is 1.29 bits per heavy atom. The highest BCUT2D eigenvalue weighted by Gasteiger charge is 2.28. The molecule has 2 nitrogen and oxygen atoms in total. The van der Waals surface area contributed by atoms with Crippen LogP contribution in [-0.4, -0.2) is 6.10 Å². The summed E-state index contributed by atoms with van der Waals surface area (Å²) in [5.41, 5.74) is 3.40. The van der Waals surface area contributed by atoms with Gasteiger partial charge in [0.15, 0.2) is 0 Å². The standard InChI is InChI=1S/C12H7NO/c13-7-9-6-11-10-4-2-1-3-8(10)5-12(11)14-9/h1-6,9H. The van der Waals surface area contributed by atoms with Crippen molar-refractivity contribution in [2.45, 2.75) is 6.10 Å². The van der Waals surface area contributed by atoms with Crippen LogP contribution in [0.3, 0.4) is 0 Å². The van der Waals surface area contributed by atoms with Gasteiger partial charge in [0.05, 0.1) is 0 Å². The Morgan fingerprint density at radius 2 is 2.14 bits per heavy atom. The minimum absolute atomic E-state index is 0.412. The average molecular weight is 181 g/mol. The van der Waals surface area contributed by atoms with Crippen LogP contribution in [0.5, 0.6) is 0 Å². The molecule has 0 N–H and O–H groups in total. The van der Waals surface area contributed by atoms with Crippen LogP contribution in [0.25, 0.3) is 11.6 Å². The van der Waals surface area contributed by atoms with E-state index in [9.17, 15) is 0 Å². The molecular formula is C12H7NO. The lowest BCUT2D eigenvalue weighted by Crippen LogP contribution is -1.97. The fraction of sp³-hybridized carbons (Fsp3) is 0.0833. The number of fused-ring (bicyclic) bond motifs is 3. The van der Waals surface area contributed by atoms with Crippen molar-refractivity contribution in [2.75, 3.05) is 0 Å². The molecule has 0 saturated carbocycles. The van der Waals surface area contributed by atoms with Gasteiger partial charge in [-0.25, -0.2) is 0 Å². The molecule has 1 atom stereocenters. The molecule has 0 fully saturated rings. The molecule has 0 radical (unpaired) electrons. The zero-order valence-corrected chi connectivity index (χ0v) is 7.40. The molecule has 1 unspecified atom stereocenters. The van der Waals surface area contributed by atoms with Crippen molar-refractivity contribution in [1.29, 1.82) is 5.26 Å². The van der Waals surface area contributed by atoms with Gasteiger partial charge < -0.3 is 4.74 Å². The third-order valence-corrected chi connectivity index (χ3v) is 2.50. The summed E-state index contributed by atoms with van der Waals surface area (Å²) in [5, 5.41) is 8.72. The van der Waals surface area contributed by atoms with Gasteiger partial charge >= 0.3 is 0 Å². The number of allylic oxidation sites excluding steroid dienone is 1. The van der Waals surface area contributed by atoms with Gasteiger partial charge in [-0.3, -0.25) is 0 Å².